The van der Waals surface area contributed by atoms with Crippen LogP contribution in [0.15, 0.2) is 0 Å². The van der Waals surface area contributed by atoms with Crippen molar-refractivity contribution in [2.75, 3.05) is 20.4 Å². The molecule has 0 saturated carbocycles. The van der Waals surface area contributed by atoms with Crippen LogP contribution in [0.2, 0.25) is 0 Å². The second-order valence-corrected chi connectivity index (χ2v) is 2.75. The molecule has 0 spiro atoms. The van der Waals surface area contributed by atoms with Crippen molar-refractivity contribution >= 4 is 8.03 Å². The molecule has 0 bridgehead atoms. The topological polar surface area (TPSA) is 49.8 Å². The van der Waals surface area contributed by atoms with Crippen LogP contribution in [0.4, 0.5) is 0 Å². The van der Waals surface area contributed by atoms with Crippen LogP contribution in [0, 0.1) is 0 Å². The Morgan fingerprint density at radius 3 is 2.38 bits per heavy atom. The normalized spacial score (nSPS) is 12.2. The monoisotopic (exact) mass is 138 g/mol. The highest BCUT2D eigenvalue weighted by molar-refractivity contribution is 7.38. The molecule has 0 aliphatic heterocycles. The molecule has 5 heteroatoms. The summed E-state index contributed by atoms with van der Waals surface area (Å²) in [4.78, 5) is 1.66. The first kappa shape index (κ1) is 7.98. The van der Waals surface area contributed by atoms with E-state index in [-0.39, 0.29) is 6.29 Å². The first-order valence-electron chi connectivity index (χ1n) is 2.07. The maximum atomic E-state index is 10.3. The van der Waals surface area contributed by atoms with Gasteiger partial charge in [0.1, 0.15) is 0 Å². The molecule has 0 aromatic rings. The molecule has 0 aliphatic rings. The summed E-state index contributed by atoms with van der Waals surface area (Å²) in [7, 11) is 1.60. The van der Waals surface area contributed by atoms with Gasteiger partial charge in [-0.15, -0.1) is 0 Å². The van der Waals surface area contributed by atoms with Crippen LogP contribution >= 0.6 is 8.03 Å². The van der Waals surface area contributed by atoms with Gasteiger partial charge in [0.2, 0.25) is 6.29 Å². The van der Waals surface area contributed by atoms with Crippen LogP contribution < -0.4 is 0 Å². The highest BCUT2D eigenvalue weighted by Gasteiger charge is 2.16. The third-order valence-electron chi connectivity index (χ3n) is 0.489. The molecule has 1 N–H and O–H groups in total. The predicted octanol–water partition coefficient (Wildman–Crippen LogP) is 0.737. The lowest BCUT2D eigenvalue weighted by molar-refractivity contribution is -0.130. The molecule has 0 aromatic carbocycles. The molecule has 0 amide bonds. The van der Waals surface area contributed by atoms with Gasteiger partial charge in [0.25, 0.3) is 0 Å². The molecule has 0 fully saturated rings. The van der Waals surface area contributed by atoms with Crippen molar-refractivity contribution in [2.24, 2.45) is 0 Å². The van der Waals surface area contributed by atoms with Crippen molar-refractivity contribution in [1.29, 1.82) is 0 Å². The van der Waals surface area contributed by atoms with E-state index in [0.717, 1.165) is 0 Å². The molecule has 4 nitrogen and oxygen atoms in total. The van der Waals surface area contributed by atoms with Gasteiger partial charge in [-0.3, -0.25) is 4.90 Å². The van der Waals surface area contributed by atoms with Crippen molar-refractivity contribution in [1.82, 2.24) is 4.90 Å². The lowest BCUT2D eigenvalue weighted by Crippen LogP contribution is -2.09. The minimum Gasteiger partial charge on any atom is -0.266 e. The summed E-state index contributed by atoms with van der Waals surface area (Å²) in [5, 5.41) is 7.77. The molecule has 0 aliphatic carbocycles. The van der Waals surface area contributed by atoms with E-state index in [1.165, 1.54) is 0 Å². The van der Waals surface area contributed by atoms with E-state index in [1.54, 1.807) is 19.0 Å². The zero-order valence-corrected chi connectivity index (χ0v) is 5.76. The van der Waals surface area contributed by atoms with E-state index in [9.17, 15) is 4.57 Å². The van der Waals surface area contributed by atoms with Crippen molar-refractivity contribution in [2.45, 2.75) is 0 Å². The van der Waals surface area contributed by atoms with Crippen LogP contribution in [-0.2, 0) is 9.24 Å². The van der Waals surface area contributed by atoms with E-state index < -0.39 is 8.03 Å². The first-order chi connectivity index (χ1) is 3.66. The van der Waals surface area contributed by atoms with Gasteiger partial charge in [0, 0.05) is 4.67 Å². The van der Waals surface area contributed by atoms with Gasteiger partial charge < -0.3 is 0 Å². The lowest BCUT2D eigenvalue weighted by atomic mass is 11.0. The van der Waals surface area contributed by atoms with E-state index in [4.69, 9.17) is 5.26 Å². The molecule has 0 aromatic heterocycles. The Morgan fingerprint density at radius 2 is 2.25 bits per heavy atom. The summed E-state index contributed by atoms with van der Waals surface area (Å²) in [5.74, 6) is 0. The number of hydrogen-bond acceptors (Lipinski definition) is 4. The maximum absolute atomic E-state index is 10.3. The fourth-order valence-corrected chi connectivity index (χ4v) is 0.770. The molecule has 48 valence electrons. The van der Waals surface area contributed by atoms with Crippen LogP contribution in [-0.4, -0.2) is 30.5 Å². The average molecular weight is 138 g/mol. The van der Waals surface area contributed by atoms with Crippen molar-refractivity contribution < 1.29 is 14.5 Å². The minimum absolute atomic E-state index is 0.256. The maximum Gasteiger partial charge on any atom is 0.555 e. The number of hydrogen-bond donors (Lipinski definition) is 1. The first-order valence-corrected chi connectivity index (χ1v) is 3.44. The summed E-state index contributed by atoms with van der Waals surface area (Å²) >= 11 is 0. The van der Waals surface area contributed by atoms with Crippen molar-refractivity contribution in [3.8, 4) is 0 Å². The Hall–Kier alpha value is -0.0200. The molecule has 1 unspecified atom stereocenters. The fourth-order valence-electron chi connectivity index (χ4n) is 0.257. The van der Waals surface area contributed by atoms with Crippen LogP contribution in [0.25, 0.3) is 0 Å². The van der Waals surface area contributed by atoms with Gasteiger partial charge in [-0.25, -0.2) is 5.26 Å². The van der Waals surface area contributed by atoms with Crippen molar-refractivity contribution in [3.05, 3.63) is 0 Å². The Kier molecular flexibility index (Phi) is 3.91. The molecular formula is C3H9NO3P+. The molecule has 0 saturated heterocycles. The summed E-state index contributed by atoms with van der Waals surface area (Å²) in [6.07, 6.45) is 0.256. The van der Waals surface area contributed by atoms with Crippen LogP contribution in [0.1, 0.15) is 0 Å². The van der Waals surface area contributed by atoms with Gasteiger partial charge in [-0.1, -0.05) is 0 Å². The van der Waals surface area contributed by atoms with Gasteiger partial charge in [0.15, 0.2) is 0 Å². The quantitative estimate of drug-likeness (QED) is 0.355. The molecule has 0 heterocycles. The number of nitrogens with zero attached hydrogens (tertiary/aromatic N) is 1. The van der Waals surface area contributed by atoms with Gasteiger partial charge >= 0.3 is 8.03 Å². The highest BCUT2D eigenvalue weighted by atomic mass is 31.1. The fraction of sp³-hybridized carbons (Fsp3) is 1.00. The third-order valence-corrected chi connectivity index (χ3v) is 1.47. The largest absolute Gasteiger partial charge is 0.555 e. The standard InChI is InChI=1S/C3H8NO3P/c1-4(2)3-8(6)7-5/h3H2,1-2H3/p+1. The second kappa shape index (κ2) is 3.92. The minimum atomic E-state index is -1.89. The van der Waals surface area contributed by atoms with Crippen molar-refractivity contribution in [3.63, 3.8) is 0 Å². The molecule has 0 radical (unpaired) electrons. The van der Waals surface area contributed by atoms with Gasteiger partial charge in [0.05, 0.1) is 0 Å². The molecule has 8 heavy (non-hydrogen) atoms. The zero-order chi connectivity index (χ0) is 6.57. The number of rotatable bonds is 3. The van der Waals surface area contributed by atoms with Gasteiger partial charge in [-0.05, 0) is 18.7 Å². The third kappa shape index (κ3) is 4.15. The summed E-state index contributed by atoms with van der Waals surface area (Å²) in [5.41, 5.74) is 0. The van der Waals surface area contributed by atoms with E-state index in [0.29, 0.717) is 0 Å². The molecule has 1 atom stereocenters. The Balaban J connectivity index is 3.25. The zero-order valence-electron chi connectivity index (χ0n) is 4.87. The van der Waals surface area contributed by atoms with Crippen LogP contribution in [0.3, 0.4) is 0 Å². The van der Waals surface area contributed by atoms with Crippen LogP contribution in [0.5, 0.6) is 0 Å². The molecular weight excluding hydrogens is 129 g/mol. The Labute approximate surface area is 48.9 Å². The summed E-state index contributed by atoms with van der Waals surface area (Å²) < 4.78 is 13.8. The molecule has 0 rings (SSSR count). The predicted molar refractivity (Wildman–Crippen MR) is 29.9 cm³/mol. The summed E-state index contributed by atoms with van der Waals surface area (Å²) in [6, 6.07) is 0. The van der Waals surface area contributed by atoms with E-state index in [1.807, 2.05) is 0 Å². The lowest BCUT2D eigenvalue weighted by Gasteiger charge is -1.95. The SMILES string of the molecule is CN(C)C[P+](=O)OO. The average Bonchev–Trinajstić information content (AvgIpc) is 1.65. The Morgan fingerprint density at radius 1 is 1.75 bits per heavy atom. The highest BCUT2D eigenvalue weighted by Crippen LogP contribution is 2.18. The van der Waals surface area contributed by atoms with E-state index >= 15 is 0 Å². The smallest absolute Gasteiger partial charge is 0.266 e. The van der Waals surface area contributed by atoms with E-state index in [2.05, 4.69) is 4.67 Å². The van der Waals surface area contributed by atoms with Gasteiger partial charge in [-0.2, -0.15) is 0 Å². The summed E-state index contributed by atoms with van der Waals surface area (Å²) in [6.45, 7) is 0. The Bertz CT molecular complexity index is 84.6. The second-order valence-electron chi connectivity index (χ2n) is 1.64.